The lowest BCUT2D eigenvalue weighted by molar-refractivity contribution is 0.393. The predicted octanol–water partition coefficient (Wildman–Crippen LogP) is 2.70. The molecular weight excluding hydrogens is 400 g/mol. The normalized spacial score (nSPS) is 18.5. The molecule has 25 heavy (non-hydrogen) atoms. The third kappa shape index (κ3) is 5.22. The zero-order chi connectivity index (χ0) is 17.6. The van der Waals surface area contributed by atoms with Crippen LogP contribution >= 0.6 is 27.7 Å². The van der Waals surface area contributed by atoms with Crippen LogP contribution in [0.15, 0.2) is 45.0 Å². The third-order valence-corrected chi connectivity index (χ3v) is 5.72. The molecule has 134 valence electrons. The van der Waals surface area contributed by atoms with Crippen LogP contribution in [0.3, 0.4) is 0 Å². The number of fused-ring (bicyclic) bond motifs is 1. The molecule has 0 spiro atoms. The van der Waals surface area contributed by atoms with Crippen LogP contribution < -0.4 is 10.6 Å². The van der Waals surface area contributed by atoms with E-state index in [-0.39, 0.29) is 0 Å². The Bertz CT molecular complexity index is 714. The summed E-state index contributed by atoms with van der Waals surface area (Å²) in [7, 11) is 1.81. The van der Waals surface area contributed by atoms with E-state index >= 15 is 0 Å². The maximum Gasteiger partial charge on any atom is 0.191 e. The summed E-state index contributed by atoms with van der Waals surface area (Å²) in [5.74, 6) is 1.91. The van der Waals surface area contributed by atoms with Crippen LogP contribution in [0, 0.1) is 0 Å². The van der Waals surface area contributed by atoms with Gasteiger partial charge in [0.05, 0.1) is 6.54 Å². The van der Waals surface area contributed by atoms with Crippen molar-refractivity contribution in [2.24, 2.45) is 4.99 Å². The number of aliphatic imine (C=N–C) groups is 1. The molecule has 0 saturated carbocycles. The maximum absolute atomic E-state index is 4.35. The molecule has 2 heterocycles. The quantitative estimate of drug-likeness (QED) is 0.440. The highest BCUT2D eigenvalue weighted by molar-refractivity contribution is 9.10. The molecular formula is C17H23BrN6S. The average molecular weight is 423 g/mol. The Hall–Kier alpha value is -1.54. The van der Waals surface area contributed by atoms with Gasteiger partial charge in [0, 0.05) is 40.7 Å². The first-order valence-electron chi connectivity index (χ1n) is 8.40. The van der Waals surface area contributed by atoms with Crippen LogP contribution in [0.1, 0.15) is 19.2 Å². The van der Waals surface area contributed by atoms with Gasteiger partial charge in [0.15, 0.2) is 5.96 Å². The first-order valence-corrected chi connectivity index (χ1v) is 10.1. The van der Waals surface area contributed by atoms with E-state index in [9.17, 15) is 0 Å². The number of rotatable bonds is 5. The molecule has 1 aromatic carbocycles. The van der Waals surface area contributed by atoms with Gasteiger partial charge in [0.25, 0.3) is 0 Å². The molecule has 0 bridgehead atoms. The van der Waals surface area contributed by atoms with Crippen LogP contribution in [-0.2, 0) is 13.0 Å². The Morgan fingerprint density at radius 1 is 1.44 bits per heavy atom. The molecule has 1 aliphatic rings. The lowest BCUT2D eigenvalue weighted by atomic mass is 10.1. The van der Waals surface area contributed by atoms with Gasteiger partial charge < -0.3 is 10.6 Å². The van der Waals surface area contributed by atoms with E-state index in [2.05, 4.69) is 72.8 Å². The second kappa shape index (κ2) is 8.71. The van der Waals surface area contributed by atoms with E-state index in [1.807, 2.05) is 23.5 Å². The minimum atomic E-state index is 0.329. The summed E-state index contributed by atoms with van der Waals surface area (Å²) in [6.07, 6.45) is 3.62. The number of aryl methyl sites for hydroxylation is 1. The fourth-order valence-electron chi connectivity index (χ4n) is 2.77. The largest absolute Gasteiger partial charge is 0.355 e. The number of aromatic nitrogens is 3. The molecule has 6 nitrogen and oxygen atoms in total. The van der Waals surface area contributed by atoms with Crippen molar-refractivity contribution in [1.82, 2.24) is 25.4 Å². The minimum absolute atomic E-state index is 0.329. The molecule has 8 heteroatoms. The van der Waals surface area contributed by atoms with E-state index in [1.165, 1.54) is 4.90 Å². The van der Waals surface area contributed by atoms with Crippen molar-refractivity contribution in [2.75, 3.05) is 13.6 Å². The number of guanidine groups is 1. The summed E-state index contributed by atoms with van der Waals surface area (Å²) in [5.41, 5.74) is 0. The molecule has 2 aromatic rings. The number of thioether (sulfide) groups is 1. The van der Waals surface area contributed by atoms with Crippen molar-refractivity contribution < 1.29 is 0 Å². The van der Waals surface area contributed by atoms with Crippen molar-refractivity contribution in [3.05, 3.63) is 40.9 Å². The third-order valence-electron chi connectivity index (χ3n) is 4.08. The standard InChI is InChI=1S/C17H23BrN6S/c1-12(25-15-6-3-13(18)4-7-15)9-20-17(19-2)23-14-5-8-16-21-11-22-24(16)10-14/h3-4,6-7,11-12,14H,5,8-10H2,1-2H3,(H2,19,20,23). The average Bonchev–Trinajstić information content (AvgIpc) is 3.08. The highest BCUT2D eigenvalue weighted by Crippen LogP contribution is 2.24. The Kier molecular flexibility index (Phi) is 6.36. The molecule has 1 aromatic heterocycles. The highest BCUT2D eigenvalue weighted by Gasteiger charge is 2.20. The van der Waals surface area contributed by atoms with Crippen molar-refractivity contribution in [2.45, 2.75) is 42.5 Å². The maximum atomic E-state index is 4.35. The molecule has 0 radical (unpaired) electrons. The first kappa shape index (κ1) is 18.3. The van der Waals surface area contributed by atoms with Gasteiger partial charge in [-0.25, -0.2) is 9.67 Å². The van der Waals surface area contributed by atoms with E-state index in [0.29, 0.717) is 11.3 Å². The molecule has 3 rings (SSSR count). The number of hydrogen-bond acceptors (Lipinski definition) is 4. The van der Waals surface area contributed by atoms with Gasteiger partial charge in [0.1, 0.15) is 12.2 Å². The van der Waals surface area contributed by atoms with Crippen molar-refractivity contribution in [3.63, 3.8) is 0 Å². The summed E-state index contributed by atoms with van der Waals surface area (Å²) < 4.78 is 3.08. The summed E-state index contributed by atoms with van der Waals surface area (Å²) >= 11 is 5.32. The number of nitrogens with zero attached hydrogens (tertiary/aromatic N) is 4. The number of nitrogens with one attached hydrogen (secondary N) is 2. The summed E-state index contributed by atoms with van der Waals surface area (Å²) in [6, 6.07) is 8.75. The molecule has 2 N–H and O–H groups in total. The van der Waals surface area contributed by atoms with Crippen LogP contribution in [0.2, 0.25) is 0 Å². The summed E-state index contributed by atoms with van der Waals surface area (Å²) in [5, 5.41) is 11.6. The van der Waals surface area contributed by atoms with E-state index < -0.39 is 0 Å². The summed E-state index contributed by atoms with van der Waals surface area (Å²) in [4.78, 5) is 9.89. The fourth-order valence-corrected chi connectivity index (χ4v) is 3.96. The van der Waals surface area contributed by atoms with Gasteiger partial charge in [-0.05, 0) is 30.7 Å². The number of hydrogen-bond donors (Lipinski definition) is 2. The second-order valence-corrected chi connectivity index (χ2v) is 8.50. The number of benzene rings is 1. The molecule has 0 saturated heterocycles. The zero-order valence-electron chi connectivity index (χ0n) is 14.4. The highest BCUT2D eigenvalue weighted by atomic mass is 79.9. The lowest BCUT2D eigenvalue weighted by Crippen LogP contribution is -2.48. The molecule has 1 aliphatic heterocycles. The van der Waals surface area contributed by atoms with Crippen LogP contribution in [0.25, 0.3) is 0 Å². The van der Waals surface area contributed by atoms with Gasteiger partial charge in [-0.15, -0.1) is 11.8 Å². The van der Waals surface area contributed by atoms with Gasteiger partial charge in [-0.2, -0.15) is 5.10 Å². The van der Waals surface area contributed by atoms with E-state index in [1.54, 1.807) is 6.33 Å². The summed E-state index contributed by atoms with van der Waals surface area (Å²) in [6.45, 7) is 3.90. The fraction of sp³-hybridized carbons (Fsp3) is 0.471. The number of halogens is 1. The predicted molar refractivity (Wildman–Crippen MR) is 106 cm³/mol. The topological polar surface area (TPSA) is 67.1 Å². The molecule has 0 amide bonds. The van der Waals surface area contributed by atoms with Gasteiger partial charge in [0.2, 0.25) is 0 Å². The molecule has 0 fully saturated rings. The molecule has 2 unspecified atom stereocenters. The Morgan fingerprint density at radius 2 is 2.24 bits per heavy atom. The van der Waals surface area contributed by atoms with E-state index in [0.717, 1.165) is 42.2 Å². The van der Waals surface area contributed by atoms with Gasteiger partial charge in [-0.3, -0.25) is 4.99 Å². The van der Waals surface area contributed by atoms with Crippen LogP contribution in [0.5, 0.6) is 0 Å². The molecule has 2 atom stereocenters. The lowest BCUT2D eigenvalue weighted by Gasteiger charge is -2.26. The van der Waals surface area contributed by atoms with Crippen LogP contribution in [0.4, 0.5) is 0 Å². The van der Waals surface area contributed by atoms with E-state index in [4.69, 9.17) is 0 Å². The Balaban J connectivity index is 1.45. The van der Waals surface area contributed by atoms with Gasteiger partial charge >= 0.3 is 0 Å². The van der Waals surface area contributed by atoms with Crippen molar-refractivity contribution in [1.29, 1.82) is 0 Å². The second-order valence-electron chi connectivity index (χ2n) is 6.07. The Morgan fingerprint density at radius 3 is 3.00 bits per heavy atom. The van der Waals surface area contributed by atoms with Crippen molar-refractivity contribution >= 4 is 33.7 Å². The SMILES string of the molecule is CN=C(NCC(C)Sc1ccc(Br)cc1)NC1CCc2ncnn2C1. The van der Waals surface area contributed by atoms with Crippen LogP contribution in [-0.4, -0.2) is 45.6 Å². The molecule has 0 aliphatic carbocycles. The smallest absolute Gasteiger partial charge is 0.191 e. The Labute approximate surface area is 161 Å². The van der Waals surface area contributed by atoms with Crippen molar-refractivity contribution in [3.8, 4) is 0 Å². The first-order chi connectivity index (χ1) is 12.1. The zero-order valence-corrected chi connectivity index (χ0v) is 16.8. The monoisotopic (exact) mass is 422 g/mol. The van der Waals surface area contributed by atoms with Gasteiger partial charge in [-0.1, -0.05) is 22.9 Å². The minimum Gasteiger partial charge on any atom is -0.355 e.